The van der Waals surface area contributed by atoms with Crippen LogP contribution in [0.2, 0.25) is 0 Å². The summed E-state index contributed by atoms with van der Waals surface area (Å²) in [4.78, 5) is 37.3. The maximum atomic E-state index is 13.0. The third kappa shape index (κ3) is 5.41. The summed E-state index contributed by atoms with van der Waals surface area (Å²) in [5.74, 6) is -2.14. The molecular weight excluding hydrogens is 432 g/mol. The Morgan fingerprint density at radius 2 is 1.35 bits per heavy atom. The number of benzene rings is 2. The van der Waals surface area contributed by atoms with Crippen molar-refractivity contribution in [3.8, 4) is 11.1 Å². The van der Waals surface area contributed by atoms with Crippen LogP contribution >= 0.6 is 0 Å². The second-order valence-electron chi connectivity index (χ2n) is 9.04. The largest absolute Gasteiger partial charge is 0.480 e. The van der Waals surface area contributed by atoms with Crippen LogP contribution in [0.5, 0.6) is 0 Å². The molecule has 0 saturated heterocycles. The highest BCUT2D eigenvalue weighted by Crippen LogP contribution is 2.44. The van der Waals surface area contributed by atoms with Gasteiger partial charge in [-0.3, -0.25) is 4.79 Å². The van der Waals surface area contributed by atoms with Gasteiger partial charge in [0.05, 0.1) is 0 Å². The van der Waals surface area contributed by atoms with Crippen molar-refractivity contribution < 1.29 is 24.2 Å². The normalized spacial score (nSPS) is 15.9. The Kier molecular flexibility index (Phi) is 8.31. The lowest BCUT2D eigenvalue weighted by Gasteiger charge is -2.27. The molecule has 0 spiro atoms. The van der Waals surface area contributed by atoms with Crippen molar-refractivity contribution in [2.45, 2.75) is 58.5 Å². The van der Waals surface area contributed by atoms with E-state index in [9.17, 15) is 19.5 Å². The first kappa shape index (κ1) is 25.3. The van der Waals surface area contributed by atoms with Crippen molar-refractivity contribution in [2.24, 2.45) is 11.8 Å². The van der Waals surface area contributed by atoms with Gasteiger partial charge in [-0.15, -0.1) is 0 Å². The predicted molar refractivity (Wildman–Crippen MR) is 130 cm³/mol. The Labute approximate surface area is 200 Å². The summed E-state index contributed by atoms with van der Waals surface area (Å²) in [5.41, 5.74) is 4.47. The van der Waals surface area contributed by atoms with Crippen LogP contribution in [0.3, 0.4) is 0 Å². The fourth-order valence-electron chi connectivity index (χ4n) is 4.40. The summed E-state index contributed by atoms with van der Waals surface area (Å²) in [6.07, 6.45) is 0.533. The van der Waals surface area contributed by atoms with Crippen LogP contribution in [0.4, 0.5) is 4.79 Å². The first-order valence-corrected chi connectivity index (χ1v) is 11.9. The van der Waals surface area contributed by atoms with Gasteiger partial charge in [-0.25, -0.2) is 9.59 Å². The molecule has 7 heteroatoms. The molecule has 0 saturated carbocycles. The average Bonchev–Trinajstić information content (AvgIpc) is 3.17. The van der Waals surface area contributed by atoms with Gasteiger partial charge in [0.1, 0.15) is 18.7 Å². The van der Waals surface area contributed by atoms with E-state index in [1.54, 1.807) is 6.92 Å². The minimum atomic E-state index is -1.09. The molecule has 0 bridgehead atoms. The molecule has 0 heterocycles. The summed E-state index contributed by atoms with van der Waals surface area (Å²) >= 11 is 0. The molecule has 2 aromatic rings. The molecule has 0 radical (unpaired) electrons. The van der Waals surface area contributed by atoms with Gasteiger partial charge in [-0.05, 0) is 34.1 Å². The zero-order valence-corrected chi connectivity index (χ0v) is 20.2. The van der Waals surface area contributed by atoms with Gasteiger partial charge in [-0.2, -0.15) is 0 Å². The summed E-state index contributed by atoms with van der Waals surface area (Å²) < 4.78 is 5.59. The number of carbonyl (C=O) groups is 3. The number of hydrogen-bond acceptors (Lipinski definition) is 4. The predicted octanol–water partition coefficient (Wildman–Crippen LogP) is 4.56. The number of alkyl carbamates (subject to hydrolysis) is 1. The molecule has 2 amide bonds. The molecule has 2 aromatic carbocycles. The van der Waals surface area contributed by atoms with Crippen molar-refractivity contribution in [2.75, 3.05) is 6.61 Å². The van der Waals surface area contributed by atoms with E-state index < -0.39 is 30.1 Å². The van der Waals surface area contributed by atoms with Gasteiger partial charge in [0, 0.05) is 5.92 Å². The molecule has 34 heavy (non-hydrogen) atoms. The average molecular weight is 467 g/mol. The zero-order valence-electron chi connectivity index (χ0n) is 20.2. The van der Waals surface area contributed by atoms with E-state index in [1.807, 2.05) is 57.2 Å². The van der Waals surface area contributed by atoms with Crippen molar-refractivity contribution >= 4 is 18.0 Å². The quantitative estimate of drug-likeness (QED) is 0.476. The van der Waals surface area contributed by atoms with Crippen molar-refractivity contribution in [1.82, 2.24) is 10.6 Å². The molecule has 0 unspecified atom stereocenters. The van der Waals surface area contributed by atoms with E-state index in [1.165, 1.54) is 0 Å². The standard InChI is InChI=1S/C27H34N2O5/c1-5-16(3)23(25(30)28-24(26(31)32)17(4)6-2)29-27(33)34-15-22-20-13-9-7-11-18(20)19-12-8-10-14-21(19)22/h7-14,16-17,22-24H,5-6,15H2,1-4H3,(H,28,30)(H,29,33)(H,31,32)/t16-,17+,23+,24+/m1/s1. The van der Waals surface area contributed by atoms with Crippen LogP contribution in [0, 0.1) is 11.8 Å². The SMILES string of the molecule is CC[C@@H](C)[C@H](NC(=O)OCC1c2ccccc2-c2ccccc21)C(=O)N[C@H](C(=O)O)[C@@H](C)CC. The van der Waals surface area contributed by atoms with Crippen molar-refractivity contribution in [3.63, 3.8) is 0 Å². The molecule has 182 valence electrons. The fourth-order valence-corrected chi connectivity index (χ4v) is 4.40. The first-order chi connectivity index (χ1) is 16.3. The molecule has 3 rings (SSSR count). The van der Waals surface area contributed by atoms with Gasteiger partial charge >= 0.3 is 12.1 Å². The summed E-state index contributed by atoms with van der Waals surface area (Å²) in [6, 6.07) is 14.2. The summed E-state index contributed by atoms with van der Waals surface area (Å²) in [5, 5.41) is 14.8. The molecule has 3 N–H and O–H groups in total. The van der Waals surface area contributed by atoms with Crippen LogP contribution in [0.25, 0.3) is 11.1 Å². The summed E-state index contributed by atoms with van der Waals surface area (Å²) in [6.45, 7) is 7.53. The highest BCUT2D eigenvalue weighted by molar-refractivity contribution is 5.89. The Morgan fingerprint density at radius 3 is 1.85 bits per heavy atom. The van der Waals surface area contributed by atoms with Crippen LogP contribution in [0.1, 0.15) is 57.6 Å². The highest BCUT2D eigenvalue weighted by atomic mass is 16.5. The molecule has 0 fully saturated rings. The summed E-state index contributed by atoms with van der Waals surface area (Å²) in [7, 11) is 0. The number of amides is 2. The van der Waals surface area contributed by atoms with Gasteiger partial charge in [0.15, 0.2) is 0 Å². The van der Waals surface area contributed by atoms with E-state index in [2.05, 4.69) is 22.8 Å². The Morgan fingerprint density at radius 1 is 0.853 bits per heavy atom. The highest BCUT2D eigenvalue weighted by Gasteiger charge is 2.33. The smallest absolute Gasteiger partial charge is 0.407 e. The second-order valence-corrected chi connectivity index (χ2v) is 9.04. The minimum Gasteiger partial charge on any atom is -0.480 e. The van der Waals surface area contributed by atoms with E-state index in [0.29, 0.717) is 12.8 Å². The Balaban J connectivity index is 1.69. The fraction of sp³-hybridized carbons (Fsp3) is 0.444. The molecule has 1 aliphatic rings. The van der Waals surface area contributed by atoms with Gasteiger partial charge in [0.25, 0.3) is 0 Å². The maximum Gasteiger partial charge on any atom is 0.407 e. The number of carbonyl (C=O) groups excluding carboxylic acids is 2. The molecular formula is C27H34N2O5. The Hall–Kier alpha value is -3.35. The number of hydrogen-bond donors (Lipinski definition) is 3. The lowest BCUT2D eigenvalue weighted by atomic mass is 9.95. The number of fused-ring (bicyclic) bond motifs is 3. The Bertz CT molecular complexity index is 992. The van der Waals surface area contributed by atoms with Crippen LogP contribution < -0.4 is 10.6 Å². The minimum absolute atomic E-state index is 0.0872. The monoisotopic (exact) mass is 466 g/mol. The van der Waals surface area contributed by atoms with Crippen molar-refractivity contribution in [1.29, 1.82) is 0 Å². The topological polar surface area (TPSA) is 105 Å². The van der Waals surface area contributed by atoms with Crippen LogP contribution in [-0.2, 0) is 14.3 Å². The van der Waals surface area contributed by atoms with Gasteiger partial charge in [0.2, 0.25) is 5.91 Å². The maximum absolute atomic E-state index is 13.0. The van der Waals surface area contributed by atoms with E-state index >= 15 is 0 Å². The van der Waals surface area contributed by atoms with E-state index in [0.717, 1.165) is 22.3 Å². The van der Waals surface area contributed by atoms with Gasteiger partial charge in [-0.1, -0.05) is 89.1 Å². The molecule has 4 atom stereocenters. The van der Waals surface area contributed by atoms with E-state index in [4.69, 9.17) is 4.74 Å². The zero-order chi connectivity index (χ0) is 24.8. The number of carboxylic acids is 1. The molecule has 0 aromatic heterocycles. The number of carboxylic acid groups (broad SMARTS) is 1. The first-order valence-electron chi connectivity index (χ1n) is 11.9. The number of rotatable bonds is 10. The molecule has 1 aliphatic carbocycles. The van der Waals surface area contributed by atoms with Gasteiger partial charge < -0.3 is 20.5 Å². The lowest BCUT2D eigenvalue weighted by Crippen LogP contribution is -2.55. The second kappa shape index (κ2) is 11.2. The van der Waals surface area contributed by atoms with Crippen LogP contribution in [0.15, 0.2) is 48.5 Å². The van der Waals surface area contributed by atoms with Crippen LogP contribution in [-0.4, -0.2) is 41.8 Å². The molecule has 0 aliphatic heterocycles. The van der Waals surface area contributed by atoms with E-state index in [-0.39, 0.29) is 24.4 Å². The van der Waals surface area contributed by atoms with Crippen molar-refractivity contribution in [3.05, 3.63) is 59.7 Å². The number of nitrogens with one attached hydrogen (secondary N) is 2. The number of aliphatic carboxylic acids is 1. The third-order valence-corrected chi connectivity index (χ3v) is 6.89. The number of ether oxygens (including phenoxy) is 1. The third-order valence-electron chi connectivity index (χ3n) is 6.89. The lowest BCUT2D eigenvalue weighted by molar-refractivity contribution is -0.143. The molecule has 7 nitrogen and oxygen atoms in total.